The normalized spacial score (nSPS) is 13.9. The molecule has 0 aromatic heterocycles. The van der Waals surface area contributed by atoms with Gasteiger partial charge in [-0.2, -0.15) is 0 Å². The molecule has 0 fully saturated rings. The molecule has 1 amide bonds. The minimum absolute atomic E-state index is 0.134. The lowest BCUT2D eigenvalue weighted by atomic mass is 10.2. The lowest BCUT2D eigenvalue weighted by Gasteiger charge is -2.23. The number of carbonyl (C=O) groups excluding carboxylic acids is 1. The summed E-state index contributed by atoms with van der Waals surface area (Å²) in [5.41, 5.74) is 11.5. The van der Waals surface area contributed by atoms with Crippen LogP contribution in [0.4, 0.5) is 0 Å². The van der Waals surface area contributed by atoms with Gasteiger partial charge in [-0.3, -0.25) is 4.79 Å². The van der Waals surface area contributed by atoms with Gasteiger partial charge in [0.2, 0.25) is 5.91 Å². The average molecular weight is 351 g/mol. The van der Waals surface area contributed by atoms with Crippen molar-refractivity contribution in [1.82, 2.24) is 10.2 Å². The van der Waals surface area contributed by atoms with Crippen molar-refractivity contribution in [2.75, 3.05) is 31.9 Å². The van der Waals surface area contributed by atoms with E-state index in [0.29, 0.717) is 6.42 Å². The van der Waals surface area contributed by atoms with Gasteiger partial charge in [-0.15, -0.1) is 11.7 Å². The average Bonchev–Trinajstić information content (AvgIpc) is 2.46. The first-order valence-electron chi connectivity index (χ1n) is 8.23. The molecule has 132 valence electrons. The second kappa shape index (κ2) is 14.6. The molecule has 0 rings (SSSR count). The Morgan fingerprint density at radius 2 is 1.82 bits per heavy atom. The molecule has 5 nitrogen and oxygen atoms in total. The maximum Gasteiger partial charge on any atom is 0.223 e. The van der Waals surface area contributed by atoms with E-state index in [4.69, 9.17) is 11.5 Å². The van der Waals surface area contributed by atoms with Crippen LogP contribution in [0.2, 0.25) is 0 Å². The van der Waals surface area contributed by atoms with Crippen molar-refractivity contribution in [3.63, 3.8) is 0 Å². The Labute approximate surface area is 145 Å². The zero-order valence-corrected chi connectivity index (χ0v) is 15.8. The Bertz CT molecular complexity index is 278. The van der Waals surface area contributed by atoms with Crippen LogP contribution in [0.25, 0.3) is 0 Å². The summed E-state index contributed by atoms with van der Waals surface area (Å²) in [6.45, 7) is 7.52. The molecular formula is C15H34N4OS2. The Balaban J connectivity index is 3.89. The van der Waals surface area contributed by atoms with Crippen molar-refractivity contribution >= 4 is 28.4 Å². The van der Waals surface area contributed by atoms with E-state index < -0.39 is 0 Å². The first-order valence-corrected chi connectivity index (χ1v) is 10.3. The number of hydrogen-bond acceptors (Lipinski definition) is 6. The van der Waals surface area contributed by atoms with E-state index in [0.717, 1.165) is 57.6 Å². The van der Waals surface area contributed by atoms with E-state index >= 15 is 0 Å². The van der Waals surface area contributed by atoms with E-state index in [1.165, 1.54) is 10.8 Å². The van der Waals surface area contributed by atoms with Gasteiger partial charge in [-0.25, -0.2) is 0 Å². The van der Waals surface area contributed by atoms with Gasteiger partial charge in [0.25, 0.3) is 0 Å². The molecule has 0 aromatic carbocycles. The van der Waals surface area contributed by atoms with E-state index in [2.05, 4.69) is 17.0 Å². The summed E-state index contributed by atoms with van der Waals surface area (Å²) in [4.78, 5) is 14.1. The van der Waals surface area contributed by atoms with Gasteiger partial charge in [0.15, 0.2) is 0 Å². The number of nitrogens with one attached hydrogen (secondary N) is 1. The summed E-state index contributed by atoms with van der Waals surface area (Å²) < 4.78 is 0. The maximum atomic E-state index is 12.2. The van der Waals surface area contributed by atoms with Crippen LogP contribution in [-0.4, -0.2) is 54.8 Å². The van der Waals surface area contributed by atoms with Crippen molar-refractivity contribution < 1.29 is 4.79 Å². The molecule has 22 heavy (non-hydrogen) atoms. The van der Waals surface area contributed by atoms with Gasteiger partial charge in [0.05, 0.1) is 0 Å². The number of amides is 1. The number of rotatable bonds is 14. The predicted molar refractivity (Wildman–Crippen MR) is 101 cm³/mol. The topological polar surface area (TPSA) is 84.4 Å². The fourth-order valence-electron chi connectivity index (χ4n) is 2.02. The van der Waals surface area contributed by atoms with Crippen LogP contribution in [0.1, 0.15) is 46.0 Å². The molecule has 0 aliphatic heterocycles. The molecular weight excluding hydrogens is 316 g/mol. The summed E-state index contributed by atoms with van der Waals surface area (Å²) in [7, 11) is 1.41. The third-order valence-corrected chi connectivity index (χ3v) is 4.36. The van der Waals surface area contributed by atoms with Gasteiger partial charge in [0, 0.05) is 37.3 Å². The molecule has 7 heteroatoms. The second-order valence-electron chi connectivity index (χ2n) is 5.95. The van der Waals surface area contributed by atoms with Crippen LogP contribution in [0, 0.1) is 0 Å². The van der Waals surface area contributed by atoms with Gasteiger partial charge in [-0.1, -0.05) is 10.8 Å². The highest BCUT2D eigenvalue weighted by molar-refractivity contribution is 8.68. The molecule has 0 bridgehead atoms. The van der Waals surface area contributed by atoms with Crippen molar-refractivity contribution in [2.24, 2.45) is 11.5 Å². The van der Waals surface area contributed by atoms with Crippen LogP contribution in [0.3, 0.4) is 0 Å². The molecule has 2 unspecified atom stereocenters. The summed E-state index contributed by atoms with van der Waals surface area (Å²) in [6.07, 6.45) is 4.50. The summed E-state index contributed by atoms with van der Waals surface area (Å²) in [6, 6.07) is 0.387. The highest BCUT2D eigenvalue weighted by Crippen LogP contribution is 2.09. The molecule has 0 heterocycles. The van der Waals surface area contributed by atoms with Crippen molar-refractivity contribution in [3.8, 4) is 0 Å². The number of thiol groups is 1. The van der Waals surface area contributed by atoms with Crippen molar-refractivity contribution in [3.05, 3.63) is 0 Å². The quantitative estimate of drug-likeness (QED) is 0.217. The third-order valence-electron chi connectivity index (χ3n) is 3.42. The standard InChI is InChI=1S/C15H34N4OS2/c1-13(16)5-9-18-8-3-4-10-19(11-6-14(2)17)15(20)7-12-22-21/h13-14,18,21H,3-12,16-17H2,1-2H3. The molecule has 2 atom stereocenters. The fraction of sp³-hybridized carbons (Fsp3) is 0.933. The first kappa shape index (κ1) is 22.1. The molecule has 0 radical (unpaired) electrons. The highest BCUT2D eigenvalue weighted by Gasteiger charge is 2.13. The summed E-state index contributed by atoms with van der Waals surface area (Å²) in [5, 5.41) is 3.39. The summed E-state index contributed by atoms with van der Waals surface area (Å²) >= 11 is 4.09. The zero-order valence-electron chi connectivity index (χ0n) is 14.1. The van der Waals surface area contributed by atoms with E-state index in [-0.39, 0.29) is 18.0 Å². The fourth-order valence-corrected chi connectivity index (χ4v) is 2.56. The molecule has 5 N–H and O–H groups in total. The van der Waals surface area contributed by atoms with E-state index in [1.807, 2.05) is 18.7 Å². The predicted octanol–water partition coefficient (Wildman–Crippen LogP) is 1.63. The van der Waals surface area contributed by atoms with Gasteiger partial charge < -0.3 is 21.7 Å². The maximum absolute atomic E-state index is 12.2. The minimum atomic E-state index is 0.134. The molecule has 0 aliphatic rings. The Hall–Kier alpha value is 0.0500. The van der Waals surface area contributed by atoms with Crippen LogP contribution in [0.5, 0.6) is 0 Å². The minimum Gasteiger partial charge on any atom is -0.343 e. The first-order chi connectivity index (χ1) is 10.5. The molecule has 0 saturated carbocycles. The number of unbranched alkanes of at least 4 members (excludes halogenated alkanes) is 1. The lowest BCUT2D eigenvalue weighted by molar-refractivity contribution is -0.130. The number of nitrogens with zero attached hydrogens (tertiary/aromatic N) is 1. The monoisotopic (exact) mass is 350 g/mol. The molecule has 0 aromatic rings. The smallest absolute Gasteiger partial charge is 0.223 e. The van der Waals surface area contributed by atoms with Crippen molar-refractivity contribution in [2.45, 2.75) is 58.0 Å². The summed E-state index contributed by atoms with van der Waals surface area (Å²) in [5.74, 6) is 0.974. The van der Waals surface area contributed by atoms with E-state index in [1.54, 1.807) is 0 Å². The molecule has 0 saturated heterocycles. The number of carbonyl (C=O) groups is 1. The SMILES string of the molecule is CC(N)CCNCCCCN(CCC(C)N)C(=O)CCSS. The zero-order chi connectivity index (χ0) is 16.8. The lowest BCUT2D eigenvalue weighted by Crippen LogP contribution is -2.36. The van der Waals surface area contributed by atoms with E-state index in [9.17, 15) is 4.79 Å². The second-order valence-corrected chi connectivity index (χ2v) is 7.39. The van der Waals surface area contributed by atoms with Gasteiger partial charge >= 0.3 is 0 Å². The Morgan fingerprint density at radius 1 is 1.14 bits per heavy atom. The van der Waals surface area contributed by atoms with Crippen LogP contribution in [0.15, 0.2) is 0 Å². The highest BCUT2D eigenvalue weighted by atomic mass is 33.1. The number of hydrogen-bond donors (Lipinski definition) is 4. The van der Waals surface area contributed by atoms with Gasteiger partial charge in [0.1, 0.15) is 0 Å². The molecule has 0 aliphatic carbocycles. The van der Waals surface area contributed by atoms with Crippen LogP contribution in [-0.2, 0) is 4.79 Å². The van der Waals surface area contributed by atoms with Crippen molar-refractivity contribution in [1.29, 1.82) is 0 Å². The van der Waals surface area contributed by atoms with Gasteiger partial charge in [-0.05, 0) is 52.6 Å². The Kier molecular flexibility index (Phi) is 14.7. The Morgan fingerprint density at radius 3 is 2.41 bits per heavy atom. The van der Waals surface area contributed by atoms with Crippen LogP contribution < -0.4 is 16.8 Å². The van der Waals surface area contributed by atoms with Crippen LogP contribution >= 0.6 is 22.5 Å². The largest absolute Gasteiger partial charge is 0.343 e. The molecule has 0 spiro atoms. The number of nitrogens with two attached hydrogens (primary N) is 2. The third kappa shape index (κ3) is 13.7.